The molecule has 0 bridgehead atoms. The Kier molecular flexibility index (Phi) is 5.77. The van der Waals surface area contributed by atoms with Crippen molar-refractivity contribution in [2.75, 3.05) is 19.6 Å². The first-order chi connectivity index (χ1) is 7.59. The summed E-state index contributed by atoms with van der Waals surface area (Å²) in [6.45, 7) is 4.93. The Labute approximate surface area is 97.3 Å². The van der Waals surface area contributed by atoms with Crippen LogP contribution in [0.1, 0.15) is 39.0 Å². The molecule has 0 amide bonds. The Hall–Kier alpha value is -0.610. The van der Waals surface area contributed by atoms with Gasteiger partial charge in [0.15, 0.2) is 0 Å². The van der Waals surface area contributed by atoms with Crippen molar-refractivity contribution in [3.05, 3.63) is 0 Å². The molecule has 1 aliphatic heterocycles. The number of β-amino-alcohol motifs (C(OH)–C–C–N with tert-alkyl or cyclic N) is 1. The Bertz CT molecular complexity index is 220. The summed E-state index contributed by atoms with van der Waals surface area (Å²) in [5.74, 6) is -0.287. The molecule has 1 fully saturated rings. The van der Waals surface area contributed by atoms with Gasteiger partial charge in [0, 0.05) is 13.0 Å². The summed E-state index contributed by atoms with van der Waals surface area (Å²) in [4.78, 5) is 12.6. The van der Waals surface area contributed by atoms with Crippen molar-refractivity contribution >= 4 is 5.97 Å². The second-order valence-corrected chi connectivity index (χ2v) is 4.84. The van der Waals surface area contributed by atoms with Gasteiger partial charge in [-0.1, -0.05) is 13.3 Å². The minimum Gasteiger partial charge on any atom is -0.481 e. The van der Waals surface area contributed by atoms with Crippen molar-refractivity contribution < 1.29 is 15.0 Å². The molecule has 2 N–H and O–H groups in total. The Morgan fingerprint density at radius 1 is 1.38 bits per heavy atom. The second-order valence-electron chi connectivity index (χ2n) is 4.84. The Morgan fingerprint density at radius 3 is 2.75 bits per heavy atom. The van der Waals surface area contributed by atoms with E-state index >= 15 is 0 Å². The SMILES string of the molecule is CC1CCN(CCCCCC(=O)O)CC1O. The highest BCUT2D eigenvalue weighted by molar-refractivity contribution is 5.66. The van der Waals surface area contributed by atoms with Crippen LogP contribution in [0.5, 0.6) is 0 Å². The van der Waals surface area contributed by atoms with Crippen LogP contribution in [0.2, 0.25) is 0 Å². The molecule has 0 spiro atoms. The van der Waals surface area contributed by atoms with Crippen LogP contribution in [0, 0.1) is 5.92 Å². The number of aliphatic carboxylic acids is 1. The Morgan fingerprint density at radius 2 is 2.12 bits per heavy atom. The van der Waals surface area contributed by atoms with E-state index in [2.05, 4.69) is 11.8 Å². The summed E-state index contributed by atoms with van der Waals surface area (Å²) < 4.78 is 0. The fourth-order valence-electron chi connectivity index (χ4n) is 2.11. The molecule has 0 aliphatic carbocycles. The fourth-order valence-corrected chi connectivity index (χ4v) is 2.11. The van der Waals surface area contributed by atoms with Gasteiger partial charge in [0.2, 0.25) is 0 Å². The highest BCUT2D eigenvalue weighted by Crippen LogP contribution is 2.17. The largest absolute Gasteiger partial charge is 0.481 e. The smallest absolute Gasteiger partial charge is 0.303 e. The number of unbranched alkanes of at least 4 members (excludes halogenated alkanes) is 2. The van der Waals surface area contributed by atoms with Crippen molar-refractivity contribution in [1.29, 1.82) is 0 Å². The van der Waals surface area contributed by atoms with Gasteiger partial charge in [-0.15, -0.1) is 0 Å². The average molecular weight is 229 g/mol. The molecule has 1 rings (SSSR count). The van der Waals surface area contributed by atoms with Crippen molar-refractivity contribution in [3.8, 4) is 0 Å². The third-order valence-corrected chi connectivity index (χ3v) is 3.37. The first-order valence-corrected chi connectivity index (χ1v) is 6.22. The van der Waals surface area contributed by atoms with E-state index in [1.165, 1.54) is 0 Å². The molecule has 94 valence electrons. The quantitative estimate of drug-likeness (QED) is 0.675. The van der Waals surface area contributed by atoms with E-state index in [0.29, 0.717) is 5.92 Å². The van der Waals surface area contributed by atoms with Crippen molar-refractivity contribution in [1.82, 2.24) is 4.90 Å². The first kappa shape index (κ1) is 13.5. The number of carboxylic acids is 1. The number of rotatable bonds is 6. The number of carbonyl (C=O) groups is 1. The maximum atomic E-state index is 10.3. The van der Waals surface area contributed by atoms with Gasteiger partial charge in [-0.25, -0.2) is 0 Å². The lowest BCUT2D eigenvalue weighted by Gasteiger charge is -2.34. The number of hydrogen-bond acceptors (Lipinski definition) is 3. The molecule has 0 aromatic carbocycles. The third-order valence-electron chi connectivity index (χ3n) is 3.37. The predicted molar refractivity (Wildman–Crippen MR) is 62.3 cm³/mol. The highest BCUT2D eigenvalue weighted by Gasteiger charge is 2.23. The van der Waals surface area contributed by atoms with E-state index in [1.807, 2.05) is 0 Å². The number of nitrogens with zero attached hydrogens (tertiary/aromatic N) is 1. The summed E-state index contributed by atoms with van der Waals surface area (Å²) in [6, 6.07) is 0. The molecule has 1 aliphatic rings. The van der Waals surface area contributed by atoms with Gasteiger partial charge in [0.1, 0.15) is 0 Å². The Balaban J connectivity index is 2.03. The van der Waals surface area contributed by atoms with Crippen LogP contribution in [0.25, 0.3) is 0 Å². The zero-order valence-corrected chi connectivity index (χ0v) is 10.1. The van der Waals surface area contributed by atoms with Crippen LogP contribution >= 0.6 is 0 Å². The summed E-state index contributed by atoms with van der Waals surface area (Å²) in [6.07, 6.45) is 3.92. The van der Waals surface area contributed by atoms with E-state index in [1.54, 1.807) is 0 Å². The van der Waals surface area contributed by atoms with Crippen LogP contribution in [-0.2, 0) is 4.79 Å². The van der Waals surface area contributed by atoms with E-state index in [4.69, 9.17) is 5.11 Å². The number of piperidine rings is 1. The zero-order valence-electron chi connectivity index (χ0n) is 10.1. The molecular formula is C12H23NO3. The van der Waals surface area contributed by atoms with Crippen molar-refractivity contribution in [3.63, 3.8) is 0 Å². The van der Waals surface area contributed by atoms with Crippen molar-refractivity contribution in [2.24, 2.45) is 5.92 Å². The van der Waals surface area contributed by atoms with E-state index in [0.717, 1.165) is 45.3 Å². The van der Waals surface area contributed by atoms with Gasteiger partial charge in [-0.3, -0.25) is 4.79 Å². The molecule has 2 unspecified atom stereocenters. The van der Waals surface area contributed by atoms with Crippen LogP contribution in [0.3, 0.4) is 0 Å². The van der Waals surface area contributed by atoms with E-state index < -0.39 is 5.97 Å². The lowest BCUT2D eigenvalue weighted by molar-refractivity contribution is -0.137. The third kappa shape index (κ3) is 4.94. The van der Waals surface area contributed by atoms with Gasteiger partial charge >= 0.3 is 5.97 Å². The molecule has 16 heavy (non-hydrogen) atoms. The molecule has 0 radical (unpaired) electrons. The number of likely N-dealkylation sites (tertiary alicyclic amines) is 1. The molecular weight excluding hydrogens is 206 g/mol. The first-order valence-electron chi connectivity index (χ1n) is 6.22. The highest BCUT2D eigenvalue weighted by atomic mass is 16.4. The van der Waals surface area contributed by atoms with Crippen LogP contribution in [-0.4, -0.2) is 46.8 Å². The molecule has 0 saturated carbocycles. The molecule has 0 aromatic heterocycles. The monoisotopic (exact) mass is 229 g/mol. The van der Waals surface area contributed by atoms with Crippen molar-refractivity contribution in [2.45, 2.75) is 45.1 Å². The molecule has 0 aromatic rings. The number of aliphatic hydroxyl groups is 1. The summed E-state index contributed by atoms with van der Waals surface area (Å²) in [5, 5.41) is 18.2. The summed E-state index contributed by atoms with van der Waals surface area (Å²) in [7, 11) is 0. The zero-order chi connectivity index (χ0) is 12.0. The molecule has 4 nitrogen and oxygen atoms in total. The molecule has 4 heteroatoms. The summed E-state index contributed by atoms with van der Waals surface area (Å²) in [5.41, 5.74) is 0. The van der Waals surface area contributed by atoms with Gasteiger partial charge in [-0.2, -0.15) is 0 Å². The normalized spacial score (nSPS) is 26.9. The maximum absolute atomic E-state index is 10.3. The second kappa shape index (κ2) is 6.86. The minimum atomic E-state index is -0.706. The standard InChI is InChI=1S/C12H23NO3/c1-10-6-8-13(9-11(10)14)7-4-2-3-5-12(15)16/h10-11,14H,2-9H2,1H3,(H,15,16). The van der Waals surface area contributed by atoms with Gasteiger partial charge in [0.05, 0.1) is 6.10 Å². The minimum absolute atomic E-state index is 0.187. The molecule has 1 saturated heterocycles. The van der Waals surface area contributed by atoms with Gasteiger partial charge in [-0.05, 0) is 38.3 Å². The number of carboxylic acid groups (broad SMARTS) is 1. The maximum Gasteiger partial charge on any atom is 0.303 e. The van der Waals surface area contributed by atoms with E-state index in [9.17, 15) is 9.90 Å². The van der Waals surface area contributed by atoms with Crippen LogP contribution in [0.15, 0.2) is 0 Å². The molecule has 1 heterocycles. The topological polar surface area (TPSA) is 60.8 Å². The van der Waals surface area contributed by atoms with E-state index in [-0.39, 0.29) is 12.5 Å². The number of hydrogen-bond donors (Lipinski definition) is 2. The van der Waals surface area contributed by atoms with Crippen LogP contribution < -0.4 is 0 Å². The fraction of sp³-hybridized carbons (Fsp3) is 0.917. The lowest BCUT2D eigenvalue weighted by Crippen LogP contribution is -2.43. The van der Waals surface area contributed by atoms with Gasteiger partial charge in [0.25, 0.3) is 0 Å². The summed E-state index contributed by atoms with van der Waals surface area (Å²) >= 11 is 0. The lowest BCUT2D eigenvalue weighted by atomic mass is 9.96. The van der Waals surface area contributed by atoms with Crippen LogP contribution in [0.4, 0.5) is 0 Å². The van der Waals surface area contributed by atoms with Gasteiger partial charge < -0.3 is 15.1 Å². The number of aliphatic hydroxyl groups excluding tert-OH is 1. The molecule has 2 atom stereocenters. The predicted octanol–water partition coefficient (Wildman–Crippen LogP) is 1.33. The average Bonchev–Trinajstić information content (AvgIpc) is 2.22.